The van der Waals surface area contributed by atoms with Crippen molar-refractivity contribution in [2.75, 3.05) is 21.1 Å². The number of nitrogens with zero attached hydrogens (tertiary/aromatic N) is 3. The fourth-order valence-corrected chi connectivity index (χ4v) is 3.62. The van der Waals surface area contributed by atoms with E-state index >= 15 is 0 Å². The second-order valence-electron chi connectivity index (χ2n) is 6.65. The Balaban J connectivity index is 2.67. The van der Waals surface area contributed by atoms with Gasteiger partial charge in [0.15, 0.2) is 0 Å². The Morgan fingerprint density at radius 1 is 0.944 bits per heavy atom. The highest BCUT2D eigenvalue weighted by molar-refractivity contribution is 6.74. The van der Waals surface area contributed by atoms with E-state index in [1.165, 1.54) is 32.0 Å². The molecule has 1 rings (SSSR count). The van der Waals surface area contributed by atoms with E-state index in [2.05, 4.69) is 56.1 Å². The minimum absolute atomic E-state index is 0.507. The molecule has 18 heavy (non-hydrogen) atoms. The highest BCUT2D eigenvalue weighted by Crippen LogP contribution is 2.36. The van der Waals surface area contributed by atoms with Crippen molar-refractivity contribution in [1.29, 1.82) is 0 Å². The standard InChI is InChI=1S/C12H30B3N3/c1-7-9-12(3,10-8-2)11-15-17(5)13-16(4)14-18(15)6/h13-14H,7-11H2,1-6H3. The maximum atomic E-state index is 2.49. The average Bonchev–Trinajstić information content (AvgIpc) is 2.24. The largest absolute Gasteiger partial charge is 0.366 e. The third-order valence-electron chi connectivity index (χ3n) is 4.33. The Morgan fingerprint density at radius 3 is 1.78 bits per heavy atom. The van der Waals surface area contributed by atoms with Crippen molar-refractivity contribution < 1.29 is 0 Å². The molecule has 6 heteroatoms. The third kappa shape index (κ3) is 4.32. The van der Waals surface area contributed by atoms with Crippen LogP contribution in [0.5, 0.6) is 0 Å². The Bertz CT molecular complexity index is 235. The first-order valence-electron chi connectivity index (χ1n) is 7.51. The zero-order valence-electron chi connectivity index (χ0n) is 13.4. The van der Waals surface area contributed by atoms with Crippen LogP contribution in [0.25, 0.3) is 0 Å². The summed E-state index contributed by atoms with van der Waals surface area (Å²) in [6.07, 6.45) is 6.62. The lowest BCUT2D eigenvalue weighted by Crippen LogP contribution is -2.65. The van der Waals surface area contributed by atoms with Crippen LogP contribution in [0, 0.1) is 5.41 Å². The monoisotopic (exact) mass is 249 g/mol. The smallest absolute Gasteiger partial charge is 0.289 e. The van der Waals surface area contributed by atoms with Gasteiger partial charge in [0, 0.05) is 0 Å². The molecule has 0 saturated carbocycles. The predicted octanol–water partition coefficient (Wildman–Crippen LogP) is 1.42. The molecule has 1 aliphatic heterocycles. The van der Waals surface area contributed by atoms with Crippen molar-refractivity contribution in [1.82, 2.24) is 14.2 Å². The van der Waals surface area contributed by atoms with Crippen LogP contribution in [-0.2, 0) is 0 Å². The van der Waals surface area contributed by atoms with E-state index in [9.17, 15) is 0 Å². The van der Waals surface area contributed by atoms with Crippen LogP contribution in [0.15, 0.2) is 0 Å². The number of rotatable bonds is 6. The zero-order valence-corrected chi connectivity index (χ0v) is 13.4. The molecule has 0 radical (unpaired) electrons. The Morgan fingerprint density at radius 2 is 1.39 bits per heavy atom. The first-order chi connectivity index (χ1) is 8.41. The molecule has 0 spiro atoms. The van der Waals surface area contributed by atoms with Gasteiger partial charge in [0.25, 0.3) is 22.1 Å². The molecule has 0 unspecified atom stereocenters. The van der Waals surface area contributed by atoms with Gasteiger partial charge in [-0.1, -0.05) is 33.6 Å². The predicted molar refractivity (Wildman–Crippen MR) is 86.1 cm³/mol. The molecule has 3 nitrogen and oxygen atoms in total. The topological polar surface area (TPSA) is 9.72 Å². The van der Waals surface area contributed by atoms with E-state index in [1.807, 2.05) is 0 Å². The first-order valence-corrected chi connectivity index (χ1v) is 7.51. The Labute approximate surface area is 116 Å². The van der Waals surface area contributed by atoms with E-state index in [-0.39, 0.29) is 0 Å². The van der Waals surface area contributed by atoms with E-state index in [4.69, 9.17) is 0 Å². The second kappa shape index (κ2) is 7.02. The Kier molecular flexibility index (Phi) is 6.29. The minimum Gasteiger partial charge on any atom is -0.366 e. The van der Waals surface area contributed by atoms with Crippen molar-refractivity contribution in [3.8, 4) is 0 Å². The van der Waals surface area contributed by atoms with Crippen LogP contribution in [0.2, 0.25) is 6.32 Å². The van der Waals surface area contributed by atoms with Crippen LogP contribution < -0.4 is 0 Å². The lowest BCUT2D eigenvalue weighted by atomic mass is 9.50. The summed E-state index contributed by atoms with van der Waals surface area (Å²) in [6, 6.07) is 0. The molecule has 0 amide bonds. The molecule has 0 aromatic carbocycles. The molecule has 0 aliphatic carbocycles. The summed E-state index contributed by atoms with van der Waals surface area (Å²) < 4.78 is 7.35. The van der Waals surface area contributed by atoms with Crippen molar-refractivity contribution in [2.24, 2.45) is 5.41 Å². The van der Waals surface area contributed by atoms with Gasteiger partial charge < -0.3 is 14.2 Å². The molecular weight excluding hydrogens is 219 g/mol. The zero-order chi connectivity index (χ0) is 13.8. The summed E-state index contributed by atoms with van der Waals surface area (Å²) in [5.41, 5.74) is 0.507. The lowest BCUT2D eigenvalue weighted by Gasteiger charge is -2.44. The highest BCUT2D eigenvalue weighted by Gasteiger charge is 2.38. The first kappa shape index (κ1) is 16.1. The average molecular weight is 249 g/mol. The van der Waals surface area contributed by atoms with Crippen LogP contribution in [-0.4, -0.2) is 57.4 Å². The summed E-state index contributed by atoms with van der Waals surface area (Å²) in [6.45, 7) is 7.72. The summed E-state index contributed by atoms with van der Waals surface area (Å²) in [4.78, 5) is 0. The summed E-state index contributed by atoms with van der Waals surface area (Å²) in [5.74, 6) is 0. The molecule has 0 aromatic rings. The molecule has 1 fully saturated rings. The van der Waals surface area contributed by atoms with Crippen LogP contribution in [0.1, 0.15) is 46.5 Å². The van der Waals surface area contributed by atoms with E-state index in [1.54, 1.807) is 0 Å². The fourth-order valence-electron chi connectivity index (χ4n) is 3.62. The molecule has 0 N–H and O–H groups in total. The fraction of sp³-hybridized carbons (Fsp3) is 1.00. The molecule has 1 heterocycles. The normalized spacial score (nSPS) is 19.8. The van der Waals surface area contributed by atoms with Gasteiger partial charge in [-0.25, -0.2) is 0 Å². The summed E-state index contributed by atoms with van der Waals surface area (Å²) in [5, 5.41) is 0. The van der Waals surface area contributed by atoms with Crippen molar-refractivity contribution >= 4 is 22.1 Å². The third-order valence-corrected chi connectivity index (χ3v) is 4.33. The molecular formula is C12H30B3N3. The van der Waals surface area contributed by atoms with E-state index in [0.29, 0.717) is 12.4 Å². The van der Waals surface area contributed by atoms with Crippen LogP contribution in [0.3, 0.4) is 0 Å². The van der Waals surface area contributed by atoms with Gasteiger partial charge in [-0.3, -0.25) is 0 Å². The molecule has 0 bridgehead atoms. The van der Waals surface area contributed by atoms with Gasteiger partial charge in [-0.05, 0) is 45.7 Å². The second-order valence-corrected chi connectivity index (χ2v) is 6.65. The van der Waals surface area contributed by atoms with E-state index in [0.717, 1.165) is 15.1 Å². The maximum absolute atomic E-state index is 2.49. The van der Waals surface area contributed by atoms with Gasteiger partial charge in [-0.15, -0.1) is 0 Å². The Hall–Kier alpha value is 0.0748. The molecule has 0 atom stereocenters. The van der Waals surface area contributed by atoms with Gasteiger partial charge in [0.2, 0.25) is 0 Å². The van der Waals surface area contributed by atoms with Gasteiger partial charge in [0.1, 0.15) is 0 Å². The maximum Gasteiger partial charge on any atom is 0.289 e. The summed E-state index contributed by atoms with van der Waals surface area (Å²) in [7, 11) is 8.89. The van der Waals surface area contributed by atoms with Crippen molar-refractivity contribution in [2.45, 2.75) is 52.8 Å². The van der Waals surface area contributed by atoms with Gasteiger partial charge in [0.05, 0.1) is 0 Å². The minimum atomic E-state index is 0.507. The van der Waals surface area contributed by atoms with E-state index < -0.39 is 0 Å². The quantitative estimate of drug-likeness (QED) is 0.659. The summed E-state index contributed by atoms with van der Waals surface area (Å²) >= 11 is 0. The van der Waals surface area contributed by atoms with Crippen molar-refractivity contribution in [3.05, 3.63) is 0 Å². The van der Waals surface area contributed by atoms with Crippen LogP contribution in [0.4, 0.5) is 0 Å². The molecule has 1 saturated heterocycles. The number of hydrogen-bond acceptors (Lipinski definition) is 3. The van der Waals surface area contributed by atoms with Gasteiger partial charge >= 0.3 is 0 Å². The molecule has 0 aromatic heterocycles. The van der Waals surface area contributed by atoms with Crippen LogP contribution >= 0.6 is 0 Å². The lowest BCUT2D eigenvalue weighted by molar-refractivity contribution is 0.290. The van der Waals surface area contributed by atoms with Gasteiger partial charge in [-0.2, -0.15) is 0 Å². The SMILES string of the molecule is CCCC(C)(CCC)CB1N(C)BN(C)BN1C. The molecule has 1 aliphatic rings. The number of hydrogen-bond donors (Lipinski definition) is 0. The highest BCUT2D eigenvalue weighted by atomic mass is 15.3. The van der Waals surface area contributed by atoms with Crippen molar-refractivity contribution in [3.63, 3.8) is 0 Å². The molecule has 102 valence electrons.